The zero-order valence-corrected chi connectivity index (χ0v) is 19.3. The van der Waals surface area contributed by atoms with Crippen molar-refractivity contribution in [3.8, 4) is 11.1 Å². The van der Waals surface area contributed by atoms with E-state index in [9.17, 15) is 9.18 Å². The summed E-state index contributed by atoms with van der Waals surface area (Å²) in [6, 6.07) is 5.37. The number of hydrogen-bond donors (Lipinski definition) is 1. The summed E-state index contributed by atoms with van der Waals surface area (Å²) in [7, 11) is -4.33. The molecule has 1 aliphatic carbocycles. The molecule has 0 bridgehead atoms. The van der Waals surface area contributed by atoms with Crippen molar-refractivity contribution in [1.82, 2.24) is 0 Å². The Labute approximate surface area is 167 Å². The van der Waals surface area contributed by atoms with Crippen LogP contribution in [0.1, 0.15) is 34.0 Å². The van der Waals surface area contributed by atoms with Crippen LogP contribution >= 0.6 is 0 Å². The first kappa shape index (κ1) is 19.3. The number of carbonyl (C=O) groups excluding carboxylic acids is 1. The molecule has 2 aromatic rings. The number of halogens is 1. The van der Waals surface area contributed by atoms with Crippen LogP contribution in [0.25, 0.3) is 17.2 Å². The van der Waals surface area contributed by atoms with E-state index in [4.69, 9.17) is 9.85 Å². The van der Waals surface area contributed by atoms with E-state index in [-0.39, 0.29) is 5.82 Å². The van der Waals surface area contributed by atoms with Gasteiger partial charge in [0.2, 0.25) is 22.5 Å². The van der Waals surface area contributed by atoms with Crippen molar-refractivity contribution in [2.45, 2.75) is 46.5 Å². The average molecular weight is 412 g/mol. The third kappa shape index (κ3) is 2.66. The van der Waals surface area contributed by atoms with Gasteiger partial charge in [-0.05, 0) is 96.8 Å². The fourth-order valence-electron chi connectivity index (χ4n) is 5.00. The van der Waals surface area contributed by atoms with E-state index in [0.29, 0.717) is 12.0 Å². The van der Waals surface area contributed by atoms with Crippen LogP contribution in [0.3, 0.4) is 0 Å². The number of primary amides is 1. The Kier molecular flexibility index (Phi) is 4.12. The summed E-state index contributed by atoms with van der Waals surface area (Å²) in [5.74, 6) is -0.599. The van der Waals surface area contributed by atoms with Crippen LogP contribution < -0.4 is 16.1 Å². The number of amides is 1. The molecule has 146 valence electrons. The molecule has 1 aliphatic heterocycles. The molecule has 6 heteroatoms. The predicted molar refractivity (Wildman–Crippen MR) is 118 cm³/mol. The fourth-order valence-corrected chi connectivity index (χ4v) is 15.6. The van der Waals surface area contributed by atoms with E-state index in [1.165, 1.54) is 5.19 Å². The number of benzene rings is 2. The normalized spacial score (nSPS) is 18.6. The molecule has 2 N–H and O–H groups in total. The fraction of sp³-hybridized carbons (Fsp3) is 0.318. The van der Waals surface area contributed by atoms with Gasteiger partial charge in [-0.2, -0.15) is 0 Å². The number of fused-ring (bicyclic) bond motifs is 2. The standard InChI is InChI=1S/C22H26FNO2Si2/c1-12-9-16-14(7-8-18(23)17(16)10-12)20-13(2)15(22(24)25)11-19-21(20)28(5,6)26-27(19,3)4/h7-9,11H,10H2,1-6H3,(H2,24,25). The minimum Gasteiger partial charge on any atom is -0.449 e. The number of allylic oxidation sites excluding steroid dienone is 1. The van der Waals surface area contributed by atoms with Crippen molar-refractivity contribution in [2.75, 3.05) is 0 Å². The first-order chi connectivity index (χ1) is 12.9. The quantitative estimate of drug-likeness (QED) is 0.766. The van der Waals surface area contributed by atoms with Gasteiger partial charge in [0.05, 0.1) is 0 Å². The summed E-state index contributed by atoms with van der Waals surface area (Å²) in [5, 5.41) is 2.41. The van der Waals surface area contributed by atoms with Gasteiger partial charge in [-0.1, -0.05) is 17.7 Å². The Bertz CT molecular complexity index is 1090. The molecule has 2 aromatic carbocycles. The van der Waals surface area contributed by atoms with Crippen molar-refractivity contribution < 1.29 is 13.3 Å². The second kappa shape index (κ2) is 5.98. The zero-order valence-electron chi connectivity index (χ0n) is 17.3. The van der Waals surface area contributed by atoms with Crippen LogP contribution in [0.2, 0.25) is 26.2 Å². The molecule has 0 radical (unpaired) electrons. The first-order valence-electron chi connectivity index (χ1n) is 9.61. The summed E-state index contributed by atoms with van der Waals surface area (Å²) in [5.41, 5.74) is 12.0. The third-order valence-electron chi connectivity index (χ3n) is 6.03. The molecule has 0 fully saturated rings. The van der Waals surface area contributed by atoms with E-state index >= 15 is 0 Å². The summed E-state index contributed by atoms with van der Waals surface area (Å²) < 4.78 is 21.2. The van der Waals surface area contributed by atoms with Crippen molar-refractivity contribution in [3.05, 3.63) is 51.8 Å². The van der Waals surface area contributed by atoms with Crippen LogP contribution in [0.4, 0.5) is 4.39 Å². The van der Waals surface area contributed by atoms with Crippen molar-refractivity contribution in [1.29, 1.82) is 0 Å². The van der Waals surface area contributed by atoms with Gasteiger partial charge in [0.1, 0.15) is 5.82 Å². The lowest BCUT2D eigenvalue weighted by atomic mass is 9.91. The third-order valence-corrected chi connectivity index (χ3v) is 13.8. The molecule has 1 amide bonds. The van der Waals surface area contributed by atoms with E-state index in [1.807, 2.05) is 26.0 Å². The molecule has 3 nitrogen and oxygen atoms in total. The molecule has 1 heterocycles. The van der Waals surface area contributed by atoms with Gasteiger partial charge in [0.15, 0.2) is 0 Å². The molecule has 0 unspecified atom stereocenters. The second-order valence-corrected chi connectivity index (χ2v) is 16.9. The summed E-state index contributed by atoms with van der Waals surface area (Å²) in [6.45, 7) is 12.8. The molecule has 4 rings (SSSR count). The number of rotatable bonds is 2. The largest absolute Gasteiger partial charge is 0.449 e. The highest BCUT2D eigenvalue weighted by Crippen LogP contribution is 2.39. The van der Waals surface area contributed by atoms with Crippen LogP contribution in [-0.2, 0) is 10.5 Å². The highest BCUT2D eigenvalue weighted by Gasteiger charge is 2.49. The van der Waals surface area contributed by atoms with E-state index in [0.717, 1.165) is 38.6 Å². The molecule has 0 spiro atoms. The lowest BCUT2D eigenvalue weighted by molar-refractivity contribution is 0.1000. The molecule has 0 saturated heterocycles. The Morgan fingerprint density at radius 2 is 1.82 bits per heavy atom. The van der Waals surface area contributed by atoms with Crippen LogP contribution in [0.15, 0.2) is 23.8 Å². The first-order valence-corrected chi connectivity index (χ1v) is 15.4. The summed E-state index contributed by atoms with van der Waals surface area (Å²) in [4.78, 5) is 12.3. The minimum absolute atomic E-state index is 0.172. The van der Waals surface area contributed by atoms with Crippen LogP contribution in [0, 0.1) is 12.7 Å². The average Bonchev–Trinajstić information content (AvgIpc) is 3.03. The van der Waals surface area contributed by atoms with Gasteiger partial charge in [0, 0.05) is 5.56 Å². The molecular formula is C22H26FNO2Si2. The van der Waals surface area contributed by atoms with Crippen molar-refractivity contribution >= 4 is 39.0 Å². The van der Waals surface area contributed by atoms with Gasteiger partial charge in [-0.25, -0.2) is 4.39 Å². The van der Waals surface area contributed by atoms with Crippen molar-refractivity contribution in [2.24, 2.45) is 5.73 Å². The van der Waals surface area contributed by atoms with Crippen molar-refractivity contribution in [3.63, 3.8) is 0 Å². The maximum Gasteiger partial charge on any atom is 0.248 e. The van der Waals surface area contributed by atoms with E-state index < -0.39 is 22.5 Å². The molecule has 0 saturated carbocycles. The number of carbonyl (C=O) groups is 1. The molecule has 28 heavy (non-hydrogen) atoms. The highest BCUT2D eigenvalue weighted by atomic mass is 28.4. The van der Waals surface area contributed by atoms with Crippen LogP contribution in [0.5, 0.6) is 0 Å². The topological polar surface area (TPSA) is 52.3 Å². The number of hydrogen-bond acceptors (Lipinski definition) is 2. The summed E-state index contributed by atoms with van der Waals surface area (Å²) >= 11 is 0. The Morgan fingerprint density at radius 3 is 2.46 bits per heavy atom. The second-order valence-electron chi connectivity index (χ2n) is 8.99. The lowest BCUT2D eigenvalue weighted by Crippen LogP contribution is -2.46. The Morgan fingerprint density at radius 1 is 1.14 bits per heavy atom. The Hall–Kier alpha value is -2.03. The Balaban J connectivity index is 2.16. The van der Waals surface area contributed by atoms with Gasteiger partial charge in [0.25, 0.3) is 0 Å². The maximum atomic E-state index is 14.5. The molecular weight excluding hydrogens is 385 g/mol. The smallest absolute Gasteiger partial charge is 0.248 e. The highest BCUT2D eigenvalue weighted by molar-refractivity contribution is 7.06. The maximum absolute atomic E-state index is 14.5. The van der Waals surface area contributed by atoms with Gasteiger partial charge < -0.3 is 9.85 Å². The zero-order chi connectivity index (χ0) is 20.6. The molecule has 2 aliphatic rings. The van der Waals surface area contributed by atoms with Gasteiger partial charge in [-0.15, -0.1) is 0 Å². The molecule has 0 atom stereocenters. The van der Waals surface area contributed by atoms with Gasteiger partial charge >= 0.3 is 0 Å². The minimum atomic E-state index is -2.18. The van der Waals surface area contributed by atoms with E-state index in [1.54, 1.807) is 6.07 Å². The van der Waals surface area contributed by atoms with E-state index in [2.05, 4.69) is 32.3 Å². The SMILES string of the molecule is CC1=Cc2c(-c3c(C)c(C(N)=O)cc4c3[Si](C)(C)O[Si]4(C)C)ccc(F)c2C1. The van der Waals surface area contributed by atoms with Gasteiger partial charge in [-0.3, -0.25) is 4.79 Å². The monoisotopic (exact) mass is 411 g/mol. The lowest BCUT2D eigenvalue weighted by Gasteiger charge is -2.24. The number of nitrogens with two attached hydrogens (primary N) is 1. The predicted octanol–water partition coefficient (Wildman–Crippen LogP) is 3.71. The molecule has 0 aromatic heterocycles. The summed E-state index contributed by atoms with van der Waals surface area (Å²) in [6.07, 6.45) is 2.70. The van der Waals surface area contributed by atoms with Crippen LogP contribution in [-0.4, -0.2) is 22.5 Å².